The third kappa shape index (κ3) is 2.13. The number of aromatic nitrogens is 1. The second kappa shape index (κ2) is 4.52. The summed E-state index contributed by atoms with van der Waals surface area (Å²) < 4.78 is 0. The Morgan fingerprint density at radius 3 is 2.19 bits per heavy atom. The standard InChI is InChI=1S/C17H16N2O2/c1-17(2,3)11-6-8-12(9-7-11)19-15(20)13-5-4-10-18-14(13)16(19)21/h4-10H,1-3H3. The van der Waals surface area contributed by atoms with Crippen molar-refractivity contribution in [3.05, 3.63) is 59.4 Å². The van der Waals surface area contributed by atoms with Crippen molar-refractivity contribution < 1.29 is 9.59 Å². The van der Waals surface area contributed by atoms with E-state index in [1.807, 2.05) is 24.3 Å². The average molecular weight is 280 g/mol. The van der Waals surface area contributed by atoms with E-state index in [0.29, 0.717) is 11.3 Å². The summed E-state index contributed by atoms with van der Waals surface area (Å²) >= 11 is 0. The number of nitrogens with zero attached hydrogens (tertiary/aromatic N) is 2. The summed E-state index contributed by atoms with van der Waals surface area (Å²) in [6, 6.07) is 10.8. The maximum absolute atomic E-state index is 12.4. The lowest BCUT2D eigenvalue weighted by atomic mass is 9.87. The van der Waals surface area contributed by atoms with E-state index >= 15 is 0 Å². The Balaban J connectivity index is 2.00. The van der Waals surface area contributed by atoms with Crippen molar-refractivity contribution in [1.82, 2.24) is 4.98 Å². The van der Waals surface area contributed by atoms with Gasteiger partial charge < -0.3 is 0 Å². The van der Waals surface area contributed by atoms with E-state index in [4.69, 9.17) is 0 Å². The first kappa shape index (κ1) is 13.5. The zero-order valence-corrected chi connectivity index (χ0v) is 12.3. The number of imide groups is 1. The molecule has 0 saturated carbocycles. The van der Waals surface area contributed by atoms with Crippen LogP contribution in [0.15, 0.2) is 42.6 Å². The smallest absolute Gasteiger partial charge is 0.268 e. The molecule has 0 atom stereocenters. The van der Waals surface area contributed by atoms with Gasteiger partial charge >= 0.3 is 0 Å². The van der Waals surface area contributed by atoms with Gasteiger partial charge in [-0.15, -0.1) is 0 Å². The summed E-state index contributed by atoms with van der Waals surface area (Å²) in [6.07, 6.45) is 1.52. The number of hydrogen-bond donors (Lipinski definition) is 0. The van der Waals surface area contributed by atoms with Crippen molar-refractivity contribution in [2.75, 3.05) is 4.90 Å². The molecular formula is C17H16N2O2. The lowest BCUT2D eigenvalue weighted by Crippen LogP contribution is -2.29. The maximum Gasteiger partial charge on any atom is 0.284 e. The van der Waals surface area contributed by atoms with Crippen molar-refractivity contribution in [2.24, 2.45) is 0 Å². The molecule has 4 heteroatoms. The zero-order valence-electron chi connectivity index (χ0n) is 12.3. The number of carbonyl (C=O) groups excluding carboxylic acids is 2. The summed E-state index contributed by atoms with van der Waals surface area (Å²) in [6.45, 7) is 6.36. The number of hydrogen-bond acceptors (Lipinski definition) is 3. The van der Waals surface area contributed by atoms with Crippen molar-refractivity contribution in [3.63, 3.8) is 0 Å². The highest BCUT2D eigenvalue weighted by molar-refractivity contribution is 6.33. The van der Waals surface area contributed by atoms with Gasteiger partial charge in [0.05, 0.1) is 11.3 Å². The molecule has 0 radical (unpaired) electrons. The van der Waals surface area contributed by atoms with Gasteiger partial charge in [-0.3, -0.25) is 14.6 Å². The van der Waals surface area contributed by atoms with Gasteiger partial charge in [0.2, 0.25) is 0 Å². The Kier molecular flexibility index (Phi) is 2.90. The zero-order chi connectivity index (χ0) is 15.2. The lowest BCUT2D eigenvalue weighted by Gasteiger charge is -2.20. The van der Waals surface area contributed by atoms with Crippen molar-refractivity contribution in [3.8, 4) is 0 Å². The Hall–Kier alpha value is -2.49. The molecule has 0 aliphatic carbocycles. The van der Waals surface area contributed by atoms with Gasteiger partial charge in [-0.25, -0.2) is 4.90 Å². The molecule has 21 heavy (non-hydrogen) atoms. The van der Waals surface area contributed by atoms with Crippen LogP contribution in [-0.2, 0) is 5.41 Å². The third-order valence-corrected chi connectivity index (χ3v) is 3.64. The van der Waals surface area contributed by atoms with Gasteiger partial charge in [-0.05, 0) is 35.2 Å². The van der Waals surface area contributed by atoms with Crippen LogP contribution in [0, 0.1) is 0 Å². The lowest BCUT2D eigenvalue weighted by molar-refractivity contribution is 0.0924. The van der Waals surface area contributed by atoms with Crippen LogP contribution in [0.4, 0.5) is 5.69 Å². The molecule has 0 unspecified atom stereocenters. The molecule has 0 fully saturated rings. The first-order valence-electron chi connectivity index (χ1n) is 6.84. The van der Waals surface area contributed by atoms with E-state index in [0.717, 1.165) is 5.56 Å². The molecule has 4 nitrogen and oxygen atoms in total. The van der Waals surface area contributed by atoms with Gasteiger partial charge in [0, 0.05) is 6.20 Å². The summed E-state index contributed by atoms with van der Waals surface area (Å²) in [4.78, 5) is 29.9. The van der Waals surface area contributed by atoms with Crippen LogP contribution in [0.2, 0.25) is 0 Å². The van der Waals surface area contributed by atoms with E-state index in [1.165, 1.54) is 11.1 Å². The number of anilines is 1. The molecule has 0 saturated heterocycles. The second-order valence-electron chi connectivity index (χ2n) is 6.14. The topological polar surface area (TPSA) is 50.3 Å². The average Bonchev–Trinajstić information content (AvgIpc) is 2.71. The summed E-state index contributed by atoms with van der Waals surface area (Å²) in [5, 5.41) is 0. The van der Waals surface area contributed by atoms with Gasteiger partial charge in [0.15, 0.2) is 0 Å². The first-order valence-corrected chi connectivity index (χ1v) is 6.84. The highest BCUT2D eigenvalue weighted by atomic mass is 16.2. The number of amides is 2. The molecule has 3 rings (SSSR count). The van der Waals surface area contributed by atoms with Crippen molar-refractivity contribution in [1.29, 1.82) is 0 Å². The summed E-state index contributed by atoms with van der Waals surface area (Å²) in [5.74, 6) is -0.675. The van der Waals surface area contributed by atoms with E-state index in [2.05, 4.69) is 25.8 Å². The molecule has 2 aromatic rings. The molecule has 0 bridgehead atoms. The van der Waals surface area contributed by atoms with Crippen LogP contribution in [0.1, 0.15) is 47.2 Å². The largest absolute Gasteiger partial charge is 0.284 e. The number of fused-ring (bicyclic) bond motifs is 1. The SMILES string of the molecule is CC(C)(C)c1ccc(N2C(=O)c3cccnc3C2=O)cc1. The Morgan fingerprint density at radius 1 is 0.952 bits per heavy atom. The van der Waals surface area contributed by atoms with Crippen LogP contribution in [-0.4, -0.2) is 16.8 Å². The molecule has 0 spiro atoms. The number of benzene rings is 1. The van der Waals surface area contributed by atoms with Gasteiger partial charge in [-0.2, -0.15) is 0 Å². The van der Waals surface area contributed by atoms with Crippen molar-refractivity contribution >= 4 is 17.5 Å². The second-order valence-corrected chi connectivity index (χ2v) is 6.14. The highest BCUT2D eigenvalue weighted by Crippen LogP contribution is 2.29. The van der Waals surface area contributed by atoms with Crippen LogP contribution in [0.5, 0.6) is 0 Å². The predicted molar refractivity (Wildman–Crippen MR) is 80.5 cm³/mol. The monoisotopic (exact) mass is 280 g/mol. The minimum absolute atomic E-state index is 0.0298. The number of pyridine rings is 1. The van der Waals surface area contributed by atoms with Crippen LogP contribution >= 0.6 is 0 Å². The third-order valence-electron chi connectivity index (χ3n) is 3.64. The Morgan fingerprint density at radius 2 is 1.62 bits per heavy atom. The molecule has 106 valence electrons. The molecule has 2 amide bonds. The highest BCUT2D eigenvalue weighted by Gasteiger charge is 2.37. The molecule has 1 aliphatic rings. The first-order chi connectivity index (χ1) is 9.89. The maximum atomic E-state index is 12.4. The number of carbonyl (C=O) groups is 2. The number of rotatable bonds is 1. The molecule has 1 aliphatic heterocycles. The normalized spacial score (nSPS) is 14.5. The minimum atomic E-state index is -0.362. The van der Waals surface area contributed by atoms with E-state index in [1.54, 1.807) is 12.1 Å². The quantitative estimate of drug-likeness (QED) is 0.754. The summed E-state index contributed by atoms with van der Waals surface area (Å²) in [7, 11) is 0. The van der Waals surface area contributed by atoms with E-state index in [-0.39, 0.29) is 22.9 Å². The minimum Gasteiger partial charge on any atom is -0.268 e. The van der Waals surface area contributed by atoms with E-state index < -0.39 is 0 Å². The fourth-order valence-corrected chi connectivity index (χ4v) is 2.41. The molecular weight excluding hydrogens is 264 g/mol. The van der Waals surface area contributed by atoms with Gasteiger partial charge in [0.1, 0.15) is 5.69 Å². The Labute approximate surface area is 123 Å². The fourth-order valence-electron chi connectivity index (χ4n) is 2.41. The van der Waals surface area contributed by atoms with Gasteiger partial charge in [0.25, 0.3) is 11.8 Å². The van der Waals surface area contributed by atoms with Crippen LogP contribution < -0.4 is 4.90 Å². The van der Waals surface area contributed by atoms with Crippen LogP contribution in [0.25, 0.3) is 0 Å². The summed E-state index contributed by atoms with van der Waals surface area (Å²) in [5.41, 5.74) is 2.35. The van der Waals surface area contributed by atoms with Crippen molar-refractivity contribution in [2.45, 2.75) is 26.2 Å². The molecule has 0 N–H and O–H groups in total. The predicted octanol–water partition coefficient (Wildman–Crippen LogP) is 3.18. The van der Waals surface area contributed by atoms with Crippen LogP contribution in [0.3, 0.4) is 0 Å². The molecule has 1 aromatic heterocycles. The molecule has 2 heterocycles. The fraction of sp³-hybridized carbons (Fsp3) is 0.235. The van der Waals surface area contributed by atoms with Gasteiger partial charge in [-0.1, -0.05) is 32.9 Å². The Bertz CT molecular complexity index is 692. The van der Waals surface area contributed by atoms with E-state index in [9.17, 15) is 9.59 Å². The molecule has 1 aromatic carbocycles.